The van der Waals surface area contributed by atoms with Crippen LogP contribution in [-0.4, -0.2) is 37.0 Å². The number of pyridine rings is 1. The van der Waals surface area contributed by atoms with Crippen molar-refractivity contribution >= 4 is 15.8 Å². The average molecular weight is 325 g/mol. The van der Waals surface area contributed by atoms with Gasteiger partial charge in [-0.1, -0.05) is 12.8 Å². The van der Waals surface area contributed by atoms with Gasteiger partial charge in [0.25, 0.3) is 0 Å². The van der Waals surface area contributed by atoms with Crippen molar-refractivity contribution in [3.05, 3.63) is 30.1 Å². The summed E-state index contributed by atoms with van der Waals surface area (Å²) in [5.74, 6) is -0.503. The number of hydrogen-bond donors (Lipinski definition) is 0. The fraction of sp³-hybridized carbons (Fsp3) is 0.625. The van der Waals surface area contributed by atoms with Gasteiger partial charge in [0.05, 0.1) is 24.0 Å². The topological polar surface area (TPSA) is 73.3 Å². The predicted molar refractivity (Wildman–Crippen MR) is 84.2 cm³/mol. The second-order valence-electron chi connectivity index (χ2n) is 5.70. The molecule has 1 aromatic heterocycles. The van der Waals surface area contributed by atoms with E-state index in [9.17, 15) is 13.2 Å². The largest absolute Gasteiger partial charge is 0.466 e. The summed E-state index contributed by atoms with van der Waals surface area (Å²) in [5.41, 5.74) is 1.15. The number of rotatable bonds is 8. The first-order valence-corrected chi connectivity index (χ1v) is 9.55. The van der Waals surface area contributed by atoms with Gasteiger partial charge in [-0.05, 0) is 43.4 Å². The number of ether oxygens (including phenoxy) is 1. The Labute approximate surface area is 132 Å². The van der Waals surface area contributed by atoms with Crippen LogP contribution in [0.25, 0.3) is 0 Å². The summed E-state index contributed by atoms with van der Waals surface area (Å²) >= 11 is 0. The molecule has 0 bridgehead atoms. The molecule has 0 spiro atoms. The fourth-order valence-corrected chi connectivity index (χ4v) is 4.56. The zero-order valence-electron chi connectivity index (χ0n) is 12.7. The molecule has 5 nitrogen and oxygen atoms in total. The molecular weight excluding hydrogens is 302 g/mol. The molecule has 1 saturated carbocycles. The van der Waals surface area contributed by atoms with E-state index in [2.05, 4.69) is 4.98 Å². The summed E-state index contributed by atoms with van der Waals surface area (Å²) < 4.78 is 29.2. The molecule has 0 aliphatic heterocycles. The van der Waals surface area contributed by atoms with Crippen molar-refractivity contribution in [2.45, 2.75) is 50.2 Å². The Morgan fingerprint density at radius 2 is 1.91 bits per heavy atom. The van der Waals surface area contributed by atoms with Crippen molar-refractivity contribution in [1.82, 2.24) is 4.98 Å². The van der Waals surface area contributed by atoms with Crippen LogP contribution in [-0.2, 0) is 25.8 Å². The van der Waals surface area contributed by atoms with Crippen LogP contribution >= 0.6 is 0 Å². The number of aromatic nitrogens is 1. The van der Waals surface area contributed by atoms with Crippen molar-refractivity contribution < 1.29 is 17.9 Å². The molecule has 1 aliphatic rings. The number of aryl methyl sites for hydroxylation is 1. The van der Waals surface area contributed by atoms with Crippen LogP contribution < -0.4 is 0 Å². The van der Waals surface area contributed by atoms with Gasteiger partial charge in [0.2, 0.25) is 0 Å². The van der Waals surface area contributed by atoms with E-state index in [1.54, 1.807) is 12.4 Å². The van der Waals surface area contributed by atoms with Crippen LogP contribution in [0.4, 0.5) is 0 Å². The molecule has 1 aromatic rings. The molecule has 22 heavy (non-hydrogen) atoms. The van der Waals surface area contributed by atoms with E-state index >= 15 is 0 Å². The van der Waals surface area contributed by atoms with Crippen molar-refractivity contribution in [3.8, 4) is 0 Å². The quantitative estimate of drug-likeness (QED) is 0.541. The lowest BCUT2D eigenvalue weighted by Crippen LogP contribution is -2.23. The number of esters is 1. The summed E-state index contributed by atoms with van der Waals surface area (Å²) in [5, 5.41) is -0.244. The smallest absolute Gasteiger partial charge is 0.306 e. The summed E-state index contributed by atoms with van der Waals surface area (Å²) in [6.45, 7) is 0.324. The Balaban J connectivity index is 1.61. The Morgan fingerprint density at radius 1 is 1.23 bits per heavy atom. The highest BCUT2D eigenvalue weighted by atomic mass is 32.2. The SMILES string of the molecule is O=C(CCS(=O)(=O)C1CCCC1)OCCCc1ccncc1. The Kier molecular flexibility index (Phi) is 6.36. The Hall–Kier alpha value is -1.43. The van der Waals surface area contributed by atoms with Crippen molar-refractivity contribution in [2.75, 3.05) is 12.4 Å². The molecule has 0 amide bonds. The van der Waals surface area contributed by atoms with Crippen molar-refractivity contribution in [1.29, 1.82) is 0 Å². The molecule has 6 heteroatoms. The lowest BCUT2D eigenvalue weighted by molar-refractivity contribution is -0.143. The van der Waals surface area contributed by atoms with Crippen LogP contribution in [0.15, 0.2) is 24.5 Å². The number of hydrogen-bond acceptors (Lipinski definition) is 5. The minimum atomic E-state index is -3.14. The first-order valence-electron chi connectivity index (χ1n) is 7.84. The van der Waals surface area contributed by atoms with Crippen molar-refractivity contribution in [3.63, 3.8) is 0 Å². The fourth-order valence-electron chi connectivity index (χ4n) is 2.72. The molecule has 1 fully saturated rings. The number of sulfone groups is 1. The van der Waals surface area contributed by atoms with Gasteiger partial charge in [-0.2, -0.15) is 0 Å². The maximum absolute atomic E-state index is 12.0. The summed E-state index contributed by atoms with van der Waals surface area (Å²) in [6, 6.07) is 3.85. The van der Waals surface area contributed by atoms with Gasteiger partial charge in [0.1, 0.15) is 0 Å². The molecule has 0 N–H and O–H groups in total. The molecule has 122 valence electrons. The maximum atomic E-state index is 12.0. The van der Waals surface area contributed by atoms with Gasteiger partial charge < -0.3 is 4.74 Å². The number of nitrogens with zero attached hydrogens (tertiary/aromatic N) is 1. The molecule has 2 rings (SSSR count). The highest BCUT2D eigenvalue weighted by Gasteiger charge is 2.28. The highest BCUT2D eigenvalue weighted by molar-refractivity contribution is 7.92. The van der Waals surface area contributed by atoms with Crippen molar-refractivity contribution in [2.24, 2.45) is 0 Å². The Morgan fingerprint density at radius 3 is 2.59 bits per heavy atom. The molecule has 1 heterocycles. The maximum Gasteiger partial charge on any atom is 0.306 e. The van der Waals surface area contributed by atoms with Gasteiger partial charge in [-0.15, -0.1) is 0 Å². The van der Waals surface area contributed by atoms with Gasteiger partial charge in [0, 0.05) is 12.4 Å². The molecule has 0 atom stereocenters. The minimum Gasteiger partial charge on any atom is -0.466 e. The van der Waals surface area contributed by atoms with Gasteiger partial charge in [-0.25, -0.2) is 8.42 Å². The highest BCUT2D eigenvalue weighted by Crippen LogP contribution is 2.25. The van der Waals surface area contributed by atoms with Crippen LogP contribution in [0.3, 0.4) is 0 Å². The minimum absolute atomic E-state index is 0.0336. The molecule has 0 unspecified atom stereocenters. The molecular formula is C16H23NO4S. The number of carbonyl (C=O) groups excluding carboxylic acids is 1. The summed E-state index contributed by atoms with van der Waals surface area (Å²) in [7, 11) is -3.14. The van der Waals surface area contributed by atoms with Gasteiger partial charge in [-0.3, -0.25) is 9.78 Å². The zero-order chi connectivity index (χ0) is 15.8. The first-order chi connectivity index (χ1) is 10.6. The summed E-state index contributed by atoms with van der Waals surface area (Å²) in [6.07, 6.45) is 8.40. The lowest BCUT2D eigenvalue weighted by Gasteiger charge is -2.10. The van der Waals surface area contributed by atoms with E-state index in [4.69, 9.17) is 4.74 Å². The third kappa shape index (κ3) is 5.40. The number of carbonyl (C=O) groups is 1. The van der Waals surface area contributed by atoms with E-state index in [-0.39, 0.29) is 17.4 Å². The standard InChI is InChI=1S/C16H23NO4S/c18-16(9-13-22(19,20)15-5-1-2-6-15)21-12-3-4-14-7-10-17-11-8-14/h7-8,10-11,15H,1-6,9,12-13H2. The van der Waals surface area contributed by atoms with E-state index in [0.29, 0.717) is 6.61 Å². The first kappa shape index (κ1) is 16.9. The monoisotopic (exact) mass is 325 g/mol. The third-order valence-electron chi connectivity index (χ3n) is 4.02. The van der Waals surface area contributed by atoms with E-state index in [0.717, 1.165) is 44.1 Å². The zero-order valence-corrected chi connectivity index (χ0v) is 13.6. The van der Waals surface area contributed by atoms with Crippen LogP contribution in [0, 0.1) is 0 Å². The van der Waals surface area contributed by atoms with Crippen LogP contribution in [0.5, 0.6) is 0 Å². The van der Waals surface area contributed by atoms with E-state index in [1.807, 2.05) is 12.1 Å². The van der Waals surface area contributed by atoms with Crippen LogP contribution in [0.2, 0.25) is 0 Å². The normalized spacial score (nSPS) is 15.8. The van der Waals surface area contributed by atoms with E-state index < -0.39 is 15.8 Å². The van der Waals surface area contributed by atoms with Gasteiger partial charge >= 0.3 is 5.97 Å². The molecule has 1 aliphatic carbocycles. The lowest BCUT2D eigenvalue weighted by atomic mass is 10.1. The van der Waals surface area contributed by atoms with Crippen LogP contribution in [0.1, 0.15) is 44.1 Å². The second kappa shape index (κ2) is 8.27. The Bertz CT molecular complexity index is 565. The summed E-state index contributed by atoms with van der Waals surface area (Å²) in [4.78, 5) is 15.6. The second-order valence-corrected chi connectivity index (χ2v) is 8.10. The molecule has 0 saturated heterocycles. The van der Waals surface area contributed by atoms with Gasteiger partial charge in [0.15, 0.2) is 9.84 Å². The molecule has 0 aromatic carbocycles. The third-order valence-corrected chi connectivity index (χ3v) is 6.28. The predicted octanol–water partition coefficient (Wildman–Crippen LogP) is 2.30. The van der Waals surface area contributed by atoms with E-state index in [1.165, 1.54) is 0 Å². The average Bonchev–Trinajstić information content (AvgIpc) is 3.06. The molecule has 0 radical (unpaired) electrons.